The summed E-state index contributed by atoms with van der Waals surface area (Å²) in [6.07, 6.45) is 5.07. The van der Waals surface area contributed by atoms with Crippen molar-refractivity contribution in [3.63, 3.8) is 0 Å². The molecule has 0 unspecified atom stereocenters. The molecule has 96 valence electrons. The maximum absolute atomic E-state index is 5.07. The van der Waals surface area contributed by atoms with E-state index in [-0.39, 0.29) is 12.5 Å². The predicted molar refractivity (Wildman–Crippen MR) is 81.9 cm³/mol. The van der Waals surface area contributed by atoms with Gasteiger partial charge in [-0.15, -0.1) is 6.42 Å². The molecule has 0 nitrogen and oxygen atoms in total. The molecule has 0 atom stereocenters. The Morgan fingerprint density at radius 2 is 1.25 bits per heavy atom. The Balaban J connectivity index is -0.000000112. The minimum absolute atomic E-state index is 0. The molecule has 0 aromatic carbocycles. The molecule has 0 heterocycles. The van der Waals surface area contributed by atoms with Crippen LogP contribution in [0.4, 0.5) is 0 Å². The van der Waals surface area contributed by atoms with E-state index in [9.17, 15) is 0 Å². The van der Waals surface area contributed by atoms with Gasteiger partial charge >= 0.3 is 0 Å². The second-order valence-corrected chi connectivity index (χ2v) is 5.04. The van der Waals surface area contributed by atoms with Crippen LogP contribution in [0.5, 0.6) is 0 Å². The lowest BCUT2D eigenvalue weighted by Crippen LogP contribution is -2.37. The van der Waals surface area contributed by atoms with Gasteiger partial charge in [0.2, 0.25) is 0 Å². The van der Waals surface area contributed by atoms with E-state index in [0.29, 0.717) is 17.8 Å². The molecule has 0 aromatic rings. The smallest absolute Gasteiger partial charge is 0.0393 e. The van der Waals surface area contributed by atoms with Gasteiger partial charge in [-0.25, -0.2) is 0 Å². The Morgan fingerprint density at radius 3 is 1.56 bits per heavy atom. The van der Waals surface area contributed by atoms with Crippen molar-refractivity contribution in [2.24, 2.45) is 23.2 Å². The molecule has 0 aliphatic heterocycles. The zero-order valence-corrected chi connectivity index (χ0v) is 11.3. The second kappa shape index (κ2) is 6.30. The summed E-state index contributed by atoms with van der Waals surface area (Å²) in [6.45, 7) is 13.4. The lowest BCUT2D eigenvalue weighted by Gasteiger charge is -2.40. The van der Waals surface area contributed by atoms with Gasteiger partial charge in [0, 0.05) is 12.5 Å². The lowest BCUT2D eigenvalue weighted by molar-refractivity contribution is 0.123. The fourth-order valence-corrected chi connectivity index (χ4v) is 2.64. The fraction of sp³-hybridized carbons (Fsp3) is 0.625. The quantitative estimate of drug-likeness (QED) is 0.603. The van der Waals surface area contributed by atoms with Gasteiger partial charge in [-0.3, -0.25) is 0 Å². The molecule has 0 radical (unpaired) electrons. The fourth-order valence-electron chi connectivity index (χ4n) is 2.64. The first kappa shape index (κ1) is 14.7. The van der Waals surface area contributed by atoms with E-state index in [4.69, 9.17) is 6.42 Å². The third-order valence-corrected chi connectivity index (χ3v) is 3.34. The van der Waals surface area contributed by atoms with Crippen LogP contribution in [0.1, 0.15) is 48.7 Å². The van der Waals surface area contributed by atoms with E-state index in [1.165, 1.54) is 0 Å². The van der Waals surface area contributed by atoms with Crippen molar-refractivity contribution < 1.29 is 7.13 Å². The highest BCUT2D eigenvalue weighted by molar-refractivity contribution is 5.35. The number of terminal acetylenes is 1. The largest absolute Gasteiger partial charge is 0.106 e. The van der Waals surface area contributed by atoms with Crippen LogP contribution < -0.4 is 0 Å². The van der Waals surface area contributed by atoms with Crippen LogP contribution in [0.2, 0.25) is 0 Å². The maximum atomic E-state index is 5.07. The van der Waals surface area contributed by atoms with Crippen molar-refractivity contribution in [2.45, 2.75) is 41.5 Å². The molecule has 0 amide bonds. The van der Waals surface area contributed by atoms with Gasteiger partial charge in [0.15, 0.2) is 0 Å². The van der Waals surface area contributed by atoms with Crippen LogP contribution in [0.3, 0.4) is 0 Å². The van der Waals surface area contributed by atoms with Crippen LogP contribution in [0, 0.1) is 59.2 Å². The molecule has 0 fully saturated rings. The number of hydrogen-bond acceptors (Lipinski definition) is 0. The maximum Gasteiger partial charge on any atom is 0.0393 e. The number of hydrogen-bond donors (Lipinski definition) is 0. The molecular weight excluding hydrogens is 192 g/mol. The van der Waals surface area contributed by atoms with Crippen LogP contribution in [-0.2, 0) is 0 Å². The molecule has 0 bridgehead atoms. The van der Waals surface area contributed by atoms with Gasteiger partial charge in [-0.05, 0) is 41.4 Å². The summed E-state index contributed by atoms with van der Waals surface area (Å²) in [7, 11) is 0. The third-order valence-electron chi connectivity index (χ3n) is 3.34. The third kappa shape index (κ3) is 3.08. The first-order valence-corrected chi connectivity index (χ1v) is 5.87. The van der Waals surface area contributed by atoms with Crippen molar-refractivity contribution in [1.29, 1.82) is 0 Å². The highest BCUT2D eigenvalue weighted by Gasteiger charge is 2.38. The van der Waals surface area contributed by atoms with Crippen molar-refractivity contribution >= 4 is 0 Å². The van der Waals surface area contributed by atoms with Gasteiger partial charge in [-0.2, -0.15) is 0 Å². The van der Waals surface area contributed by atoms with Crippen molar-refractivity contribution in [3.8, 4) is 36.0 Å². The van der Waals surface area contributed by atoms with E-state index >= 15 is 0 Å². The van der Waals surface area contributed by atoms with E-state index in [1.54, 1.807) is 0 Å². The van der Waals surface area contributed by atoms with Crippen molar-refractivity contribution in [3.05, 3.63) is 0 Å². The minimum Gasteiger partial charge on any atom is -0.106 e. The summed E-state index contributed by atoms with van der Waals surface area (Å²) in [5, 5.41) is 0. The molecular formula is C16H32. The summed E-state index contributed by atoms with van der Waals surface area (Å²) in [5.41, 5.74) is 0.0171. The summed E-state index contributed by atoms with van der Waals surface area (Å²) < 4.78 is 0. The van der Waals surface area contributed by atoms with Crippen molar-refractivity contribution in [2.75, 3.05) is 0 Å². The van der Waals surface area contributed by atoms with Crippen molar-refractivity contribution in [1.82, 2.24) is 0 Å². The summed E-state index contributed by atoms with van der Waals surface area (Å²) in [6, 6.07) is 0. The summed E-state index contributed by atoms with van der Waals surface area (Å²) >= 11 is 0. The van der Waals surface area contributed by atoms with E-state index in [1.807, 2.05) is 0 Å². The second-order valence-electron chi connectivity index (χ2n) is 5.04. The van der Waals surface area contributed by atoms with Gasteiger partial charge in [0.25, 0.3) is 0 Å². The highest BCUT2D eigenvalue weighted by atomic mass is 14.4. The molecule has 0 aromatic heterocycles. The summed E-state index contributed by atoms with van der Waals surface area (Å²) in [4.78, 5) is 0. The molecule has 0 N–H and O–H groups in total. The van der Waals surface area contributed by atoms with Gasteiger partial charge in [0.05, 0.1) is 0 Å². The molecule has 0 spiro atoms. The lowest BCUT2D eigenvalue weighted by atomic mass is 9.63. The minimum atomic E-state index is 0. The number of rotatable bonds is 3. The van der Waals surface area contributed by atoms with Gasteiger partial charge < -0.3 is 0 Å². The average Bonchev–Trinajstić information content (AvgIpc) is 2.16. The molecule has 0 aliphatic carbocycles. The van der Waals surface area contributed by atoms with Crippen LogP contribution in [0.15, 0.2) is 0 Å². The first-order valence-electron chi connectivity index (χ1n) is 5.87. The zero-order chi connectivity index (χ0) is 12.8. The Labute approximate surface area is 109 Å². The normalized spacial score (nSPS) is 10.5. The Morgan fingerprint density at radius 1 is 0.812 bits per heavy atom. The van der Waals surface area contributed by atoms with Crippen LogP contribution in [-0.4, -0.2) is 0 Å². The Bertz CT molecular complexity index is 361. The molecule has 16 heavy (non-hydrogen) atoms. The molecule has 0 heteroatoms. The first-order chi connectivity index (χ1) is 7.39. The van der Waals surface area contributed by atoms with Crippen LogP contribution in [0.25, 0.3) is 0 Å². The topological polar surface area (TPSA) is 0 Å². The SMILES string of the molecule is C#CC#CC#CC(C(C)C)(C(C)C)C(C)C.[HH].[HH].[HH].[HH].[HH]. The predicted octanol–water partition coefficient (Wildman–Crippen LogP) is 4.81. The summed E-state index contributed by atoms with van der Waals surface area (Å²) in [5.74, 6) is 15.3. The average molecular weight is 224 g/mol. The van der Waals surface area contributed by atoms with Gasteiger partial charge in [0.1, 0.15) is 0 Å². The zero-order valence-electron chi connectivity index (χ0n) is 11.3. The Kier molecular flexibility index (Phi) is 5.78. The molecule has 0 saturated carbocycles. The molecule has 0 rings (SSSR count). The highest BCUT2D eigenvalue weighted by Crippen LogP contribution is 2.42. The van der Waals surface area contributed by atoms with Gasteiger partial charge in [-0.1, -0.05) is 47.5 Å². The van der Waals surface area contributed by atoms with Crippen LogP contribution >= 0.6 is 0 Å². The molecule has 0 saturated heterocycles. The van der Waals surface area contributed by atoms with E-state index in [0.717, 1.165) is 0 Å². The standard InChI is InChI=1S/C16H22.5H2/c1-8-9-10-11-12-16(13(2)3,14(4)5)15(6)7;;;;;/h1,13-15H,2-7H3;5*1H. The Hall–Kier alpha value is -1.32. The molecule has 0 aliphatic rings. The van der Waals surface area contributed by atoms with E-state index < -0.39 is 0 Å². The monoisotopic (exact) mass is 224 g/mol. The van der Waals surface area contributed by atoms with E-state index in [2.05, 4.69) is 71.1 Å².